The van der Waals surface area contributed by atoms with Gasteiger partial charge in [0.15, 0.2) is 0 Å². The Balaban J connectivity index is 1.55. The van der Waals surface area contributed by atoms with Crippen LogP contribution in [0.5, 0.6) is 0 Å². The van der Waals surface area contributed by atoms with E-state index in [-0.39, 0.29) is 12.5 Å². The van der Waals surface area contributed by atoms with Crippen molar-refractivity contribution in [3.05, 3.63) is 88.8 Å². The molecule has 0 aliphatic carbocycles. The normalized spacial score (nSPS) is 13.3. The topological polar surface area (TPSA) is 131 Å². The van der Waals surface area contributed by atoms with Crippen LogP contribution in [0.4, 0.5) is 5.82 Å². The average Bonchev–Trinajstić information content (AvgIpc) is 3.38. The number of fused-ring (bicyclic) bond motifs is 3. The Labute approximate surface area is 195 Å². The summed E-state index contributed by atoms with van der Waals surface area (Å²) in [5.41, 5.74) is 10.3. The van der Waals surface area contributed by atoms with Gasteiger partial charge in [-0.2, -0.15) is 5.26 Å². The first-order valence-electron chi connectivity index (χ1n) is 10.8. The summed E-state index contributed by atoms with van der Waals surface area (Å²) in [6.45, 7) is 2.96. The van der Waals surface area contributed by atoms with E-state index in [1.807, 2.05) is 13.0 Å². The molecule has 34 heavy (non-hydrogen) atoms. The van der Waals surface area contributed by atoms with Crippen molar-refractivity contribution in [1.29, 1.82) is 5.26 Å². The maximum absolute atomic E-state index is 13.8. The molecule has 9 nitrogen and oxygen atoms in total. The second-order valence-electron chi connectivity index (χ2n) is 8.04. The van der Waals surface area contributed by atoms with E-state index in [0.717, 1.165) is 22.0 Å². The SMILES string of the molecule is C[C@H](c1ncccn1)N(Cc1ccc(C#N)cn1)C(=O)c1ccc2nc(N)c3c(c2c1)COC3. The summed E-state index contributed by atoms with van der Waals surface area (Å²) in [5.74, 6) is 0.786. The standard InChI is InChI=1S/C25H21N7O2/c1-15(24-28-7-2-8-29-24)32(12-18-5-3-16(10-26)11-30-18)25(33)17-4-6-22-19(9-17)20-13-34-14-21(20)23(27)31-22/h2-9,11,15H,12-14H2,1H3,(H2,27,31)/t15-/m1/s1. The molecule has 0 bridgehead atoms. The van der Waals surface area contributed by atoms with Crippen LogP contribution >= 0.6 is 0 Å². The van der Waals surface area contributed by atoms with Crippen LogP contribution in [0.15, 0.2) is 55.0 Å². The fourth-order valence-corrected chi connectivity index (χ4v) is 4.08. The molecule has 1 aliphatic heterocycles. The van der Waals surface area contributed by atoms with Crippen LogP contribution in [0.1, 0.15) is 51.5 Å². The third kappa shape index (κ3) is 3.91. The van der Waals surface area contributed by atoms with Crippen molar-refractivity contribution < 1.29 is 9.53 Å². The van der Waals surface area contributed by atoms with E-state index >= 15 is 0 Å². The molecule has 0 unspecified atom stereocenters. The van der Waals surface area contributed by atoms with Gasteiger partial charge >= 0.3 is 0 Å². The molecular formula is C25H21N7O2. The number of pyridine rings is 2. The van der Waals surface area contributed by atoms with Crippen LogP contribution in [0.25, 0.3) is 10.9 Å². The van der Waals surface area contributed by atoms with Crippen molar-refractivity contribution in [2.45, 2.75) is 32.7 Å². The van der Waals surface area contributed by atoms with E-state index in [2.05, 4.69) is 26.0 Å². The minimum atomic E-state index is -0.416. The highest BCUT2D eigenvalue weighted by Gasteiger charge is 2.27. The van der Waals surface area contributed by atoms with E-state index in [4.69, 9.17) is 15.7 Å². The Morgan fingerprint density at radius 2 is 1.97 bits per heavy atom. The lowest BCUT2D eigenvalue weighted by atomic mass is 10.0. The Morgan fingerprint density at radius 3 is 2.71 bits per heavy atom. The second-order valence-corrected chi connectivity index (χ2v) is 8.04. The molecule has 5 rings (SSSR count). The van der Waals surface area contributed by atoms with Crippen molar-refractivity contribution in [3.8, 4) is 6.07 Å². The molecule has 0 saturated heterocycles. The monoisotopic (exact) mass is 451 g/mol. The summed E-state index contributed by atoms with van der Waals surface area (Å²) in [6, 6.07) is 12.2. The van der Waals surface area contributed by atoms with Gasteiger partial charge in [0.2, 0.25) is 0 Å². The summed E-state index contributed by atoms with van der Waals surface area (Å²) in [4.78, 5) is 33.0. The summed E-state index contributed by atoms with van der Waals surface area (Å²) >= 11 is 0. The summed E-state index contributed by atoms with van der Waals surface area (Å²) < 4.78 is 5.58. The largest absolute Gasteiger partial charge is 0.383 e. The number of hydrogen-bond acceptors (Lipinski definition) is 8. The van der Waals surface area contributed by atoms with Crippen molar-refractivity contribution >= 4 is 22.6 Å². The molecule has 1 aromatic carbocycles. The maximum atomic E-state index is 13.8. The summed E-state index contributed by atoms with van der Waals surface area (Å²) in [7, 11) is 0. The molecule has 0 fully saturated rings. The Kier molecular flexibility index (Phi) is 5.57. The van der Waals surface area contributed by atoms with E-state index in [1.54, 1.807) is 47.6 Å². The Hall–Kier alpha value is -4.42. The summed E-state index contributed by atoms with van der Waals surface area (Å²) in [6.07, 6.45) is 4.80. The number of hydrogen-bond donors (Lipinski definition) is 1. The van der Waals surface area contributed by atoms with Crippen LogP contribution in [0.3, 0.4) is 0 Å². The minimum absolute atomic E-state index is 0.197. The minimum Gasteiger partial charge on any atom is -0.383 e. The van der Waals surface area contributed by atoms with Crippen LogP contribution in [-0.4, -0.2) is 30.7 Å². The lowest BCUT2D eigenvalue weighted by Gasteiger charge is -2.28. The van der Waals surface area contributed by atoms with Crippen molar-refractivity contribution in [2.75, 3.05) is 5.73 Å². The second kappa shape index (κ2) is 8.84. The molecule has 4 aromatic rings. The third-order valence-corrected chi connectivity index (χ3v) is 5.95. The highest BCUT2D eigenvalue weighted by Crippen LogP contribution is 2.32. The van der Waals surface area contributed by atoms with Gasteiger partial charge in [0, 0.05) is 35.1 Å². The molecule has 168 valence electrons. The number of nitrogens with zero attached hydrogens (tertiary/aromatic N) is 6. The molecule has 3 aromatic heterocycles. The van der Waals surface area contributed by atoms with Gasteiger partial charge in [0.25, 0.3) is 5.91 Å². The molecule has 1 amide bonds. The molecule has 1 atom stereocenters. The third-order valence-electron chi connectivity index (χ3n) is 5.95. The van der Waals surface area contributed by atoms with E-state index in [1.165, 1.54) is 6.20 Å². The van der Waals surface area contributed by atoms with Gasteiger partial charge in [-0.3, -0.25) is 9.78 Å². The van der Waals surface area contributed by atoms with Gasteiger partial charge in [0.1, 0.15) is 17.7 Å². The Morgan fingerprint density at radius 1 is 1.18 bits per heavy atom. The number of carbonyl (C=O) groups is 1. The number of nitriles is 1. The van der Waals surface area contributed by atoms with Gasteiger partial charge in [-0.05, 0) is 48.9 Å². The van der Waals surface area contributed by atoms with E-state index in [9.17, 15) is 4.79 Å². The lowest BCUT2D eigenvalue weighted by Crippen LogP contribution is -2.34. The van der Waals surface area contributed by atoms with Gasteiger partial charge in [-0.25, -0.2) is 15.0 Å². The van der Waals surface area contributed by atoms with Gasteiger partial charge < -0.3 is 15.4 Å². The van der Waals surface area contributed by atoms with Crippen molar-refractivity contribution in [2.24, 2.45) is 0 Å². The van der Waals surface area contributed by atoms with Crippen LogP contribution in [0, 0.1) is 11.3 Å². The highest BCUT2D eigenvalue weighted by molar-refractivity contribution is 5.99. The average molecular weight is 451 g/mol. The smallest absolute Gasteiger partial charge is 0.254 e. The molecule has 1 aliphatic rings. The quantitative estimate of drug-likeness (QED) is 0.489. The number of anilines is 1. The van der Waals surface area contributed by atoms with Gasteiger partial charge in [0.05, 0.1) is 42.6 Å². The number of ether oxygens (including phenoxy) is 1. The fourth-order valence-electron chi connectivity index (χ4n) is 4.08. The van der Waals surface area contributed by atoms with Crippen LogP contribution in [-0.2, 0) is 24.5 Å². The Bertz CT molecular complexity index is 1420. The number of amides is 1. The first-order chi connectivity index (χ1) is 16.5. The molecular weight excluding hydrogens is 430 g/mol. The zero-order valence-electron chi connectivity index (χ0n) is 18.5. The van der Waals surface area contributed by atoms with Crippen LogP contribution in [0.2, 0.25) is 0 Å². The maximum Gasteiger partial charge on any atom is 0.254 e. The van der Waals surface area contributed by atoms with Crippen molar-refractivity contribution in [1.82, 2.24) is 24.8 Å². The summed E-state index contributed by atoms with van der Waals surface area (Å²) in [5, 5.41) is 9.92. The molecule has 2 N–H and O–H groups in total. The van der Waals surface area contributed by atoms with Crippen LogP contribution < -0.4 is 5.73 Å². The number of benzene rings is 1. The van der Waals surface area contributed by atoms with E-state index in [0.29, 0.717) is 41.7 Å². The molecule has 0 radical (unpaired) electrons. The number of carbonyl (C=O) groups excluding carboxylic acids is 1. The fraction of sp³-hybridized carbons (Fsp3) is 0.200. The van der Waals surface area contributed by atoms with Gasteiger partial charge in [-0.1, -0.05) is 0 Å². The lowest BCUT2D eigenvalue weighted by molar-refractivity contribution is 0.0663. The number of rotatable bonds is 5. The molecule has 0 spiro atoms. The predicted octanol–water partition coefficient (Wildman–Crippen LogP) is 3.31. The van der Waals surface area contributed by atoms with E-state index < -0.39 is 6.04 Å². The first kappa shape index (κ1) is 21.4. The zero-order valence-corrected chi connectivity index (χ0v) is 18.5. The number of nitrogens with two attached hydrogens (primary N) is 1. The number of nitrogen functional groups attached to an aromatic ring is 1. The zero-order chi connectivity index (χ0) is 23.7. The van der Waals surface area contributed by atoms with Gasteiger partial charge in [-0.15, -0.1) is 0 Å². The van der Waals surface area contributed by atoms with Crippen molar-refractivity contribution in [3.63, 3.8) is 0 Å². The first-order valence-corrected chi connectivity index (χ1v) is 10.8. The predicted molar refractivity (Wildman–Crippen MR) is 124 cm³/mol. The number of aromatic nitrogens is 4. The molecule has 9 heteroatoms. The molecule has 0 saturated carbocycles. The highest BCUT2D eigenvalue weighted by atomic mass is 16.5. The molecule has 4 heterocycles.